The summed E-state index contributed by atoms with van der Waals surface area (Å²) >= 11 is 0. The number of carbonyl (C=O) groups excluding carboxylic acids is 1. The number of halogens is 3. The third kappa shape index (κ3) is 5.38. The average Bonchev–Trinajstić information content (AvgIpc) is 2.29. The number of hydrogen-bond donors (Lipinski definition) is 1. The normalized spacial score (nSPS) is 10.2. The van der Waals surface area contributed by atoms with Crippen LogP contribution in [0.1, 0.15) is 25.0 Å². The average molecular weight is 247 g/mol. The van der Waals surface area contributed by atoms with Gasteiger partial charge in [-0.05, 0) is 18.1 Å². The molecule has 0 unspecified atom stereocenters. The summed E-state index contributed by atoms with van der Waals surface area (Å²) in [4.78, 5) is 10.5. The maximum absolute atomic E-state index is 11.8. The zero-order valence-electron chi connectivity index (χ0n) is 10.1. The third-order valence-corrected chi connectivity index (χ3v) is 1.96. The summed E-state index contributed by atoms with van der Waals surface area (Å²) in [5.41, 5.74) is 1.52. The predicted octanol–water partition coefficient (Wildman–Crippen LogP) is 3.20. The molecule has 1 rings (SSSR count). The summed E-state index contributed by atoms with van der Waals surface area (Å²) in [6.45, 7) is 5.67. The van der Waals surface area contributed by atoms with Crippen molar-refractivity contribution in [3.63, 3.8) is 0 Å². The zero-order chi connectivity index (χ0) is 13.5. The highest BCUT2D eigenvalue weighted by molar-refractivity contribution is 5.81. The van der Waals surface area contributed by atoms with Crippen LogP contribution >= 0.6 is 0 Å². The minimum atomic E-state index is -4.82. The van der Waals surface area contributed by atoms with Gasteiger partial charge in [-0.15, -0.1) is 0 Å². The molecule has 0 aliphatic carbocycles. The van der Waals surface area contributed by atoms with Gasteiger partial charge in [0.25, 0.3) is 0 Å². The maximum atomic E-state index is 11.8. The van der Waals surface area contributed by atoms with Crippen molar-refractivity contribution in [2.45, 2.75) is 33.5 Å². The Morgan fingerprint density at radius 3 is 2.24 bits per heavy atom. The van der Waals surface area contributed by atoms with E-state index in [9.17, 15) is 18.0 Å². The monoisotopic (exact) mass is 247 g/mol. The molecular weight excluding hydrogens is 231 g/mol. The van der Waals surface area contributed by atoms with E-state index in [0.717, 1.165) is 5.56 Å². The molecule has 0 heterocycles. The van der Waals surface area contributed by atoms with Gasteiger partial charge < -0.3 is 5.32 Å². The number of carbonyl (C=O) groups is 1. The van der Waals surface area contributed by atoms with E-state index in [-0.39, 0.29) is 6.54 Å². The lowest BCUT2D eigenvalue weighted by atomic mass is 10.1. The van der Waals surface area contributed by atoms with Crippen LogP contribution in [-0.4, -0.2) is 12.1 Å². The van der Waals surface area contributed by atoms with Crippen LogP contribution in [0.15, 0.2) is 24.3 Å². The molecule has 0 fully saturated rings. The lowest BCUT2D eigenvalue weighted by Gasteiger charge is -2.09. The molecule has 0 atom stereocenters. The Hall–Kier alpha value is -1.52. The number of alkyl halides is 3. The van der Waals surface area contributed by atoms with E-state index in [1.165, 1.54) is 0 Å². The zero-order valence-corrected chi connectivity index (χ0v) is 10.1. The molecule has 1 amide bonds. The fourth-order valence-electron chi connectivity index (χ4n) is 1.08. The fourth-order valence-corrected chi connectivity index (χ4v) is 1.08. The van der Waals surface area contributed by atoms with E-state index in [4.69, 9.17) is 0 Å². The van der Waals surface area contributed by atoms with Crippen molar-refractivity contribution in [3.8, 4) is 0 Å². The second-order valence-electron chi connectivity index (χ2n) is 3.11. The Bertz CT molecular complexity index is 361. The highest BCUT2D eigenvalue weighted by atomic mass is 19.4. The Morgan fingerprint density at radius 1 is 1.24 bits per heavy atom. The van der Waals surface area contributed by atoms with Gasteiger partial charge in [0.1, 0.15) is 0 Å². The third-order valence-electron chi connectivity index (χ3n) is 1.96. The van der Waals surface area contributed by atoms with Gasteiger partial charge >= 0.3 is 12.1 Å². The van der Waals surface area contributed by atoms with Gasteiger partial charge in [0.2, 0.25) is 0 Å². The van der Waals surface area contributed by atoms with E-state index in [0.29, 0.717) is 5.56 Å². The quantitative estimate of drug-likeness (QED) is 0.854. The molecule has 1 aromatic carbocycles. The highest BCUT2D eigenvalue weighted by Gasteiger charge is 2.38. The summed E-state index contributed by atoms with van der Waals surface area (Å²) < 4.78 is 35.5. The maximum Gasteiger partial charge on any atom is 0.471 e. The van der Waals surface area contributed by atoms with Gasteiger partial charge in [-0.25, -0.2) is 0 Å². The van der Waals surface area contributed by atoms with E-state index in [1.54, 1.807) is 31.2 Å². The molecule has 1 N–H and O–H groups in total. The molecule has 1 aromatic rings. The summed E-state index contributed by atoms with van der Waals surface area (Å²) in [5, 5.41) is 1.82. The van der Waals surface area contributed by atoms with Crippen molar-refractivity contribution in [1.82, 2.24) is 5.32 Å². The van der Waals surface area contributed by atoms with Gasteiger partial charge in [-0.3, -0.25) is 4.79 Å². The predicted molar refractivity (Wildman–Crippen MR) is 60.4 cm³/mol. The molecule has 96 valence electrons. The Kier molecular flexibility index (Phi) is 6.31. The minimum absolute atomic E-state index is 0.106. The molecule has 0 spiro atoms. The first kappa shape index (κ1) is 15.5. The standard InChI is InChI=1S/C10H10F3NO.C2H6/c1-7-4-2-3-5-8(7)6-14-9(15)10(11,12)13;1-2/h2-5H,6H2,1H3,(H,14,15);1-2H3. The molecule has 0 bridgehead atoms. The second-order valence-corrected chi connectivity index (χ2v) is 3.11. The van der Waals surface area contributed by atoms with E-state index in [2.05, 4.69) is 0 Å². The molecule has 0 aliphatic rings. The van der Waals surface area contributed by atoms with Gasteiger partial charge in [0.05, 0.1) is 0 Å². The number of nitrogens with one attached hydrogen (secondary N) is 1. The van der Waals surface area contributed by atoms with Crippen LogP contribution in [0.2, 0.25) is 0 Å². The molecule has 5 heteroatoms. The number of rotatable bonds is 2. The largest absolute Gasteiger partial charge is 0.471 e. The second kappa shape index (κ2) is 6.93. The smallest absolute Gasteiger partial charge is 0.344 e. The Balaban J connectivity index is 0.00000121. The molecule has 0 saturated heterocycles. The van der Waals surface area contributed by atoms with E-state index < -0.39 is 12.1 Å². The summed E-state index contributed by atoms with van der Waals surface area (Å²) in [5.74, 6) is -1.91. The first-order chi connectivity index (χ1) is 7.91. The van der Waals surface area contributed by atoms with Crippen molar-refractivity contribution >= 4 is 5.91 Å². The highest BCUT2D eigenvalue weighted by Crippen LogP contribution is 2.15. The van der Waals surface area contributed by atoms with Crippen molar-refractivity contribution in [1.29, 1.82) is 0 Å². The van der Waals surface area contributed by atoms with Crippen LogP contribution < -0.4 is 5.32 Å². The molecule has 0 saturated carbocycles. The van der Waals surface area contributed by atoms with E-state index in [1.807, 2.05) is 19.2 Å². The van der Waals surface area contributed by atoms with Gasteiger partial charge in [-0.2, -0.15) is 13.2 Å². The molecular formula is C12H16F3NO. The molecule has 0 aromatic heterocycles. The first-order valence-electron chi connectivity index (χ1n) is 5.31. The molecule has 0 radical (unpaired) electrons. The van der Waals surface area contributed by atoms with Crippen molar-refractivity contribution in [2.24, 2.45) is 0 Å². The Labute approximate surface area is 98.8 Å². The number of benzene rings is 1. The van der Waals surface area contributed by atoms with Gasteiger partial charge in [-0.1, -0.05) is 38.1 Å². The van der Waals surface area contributed by atoms with Crippen molar-refractivity contribution in [2.75, 3.05) is 0 Å². The minimum Gasteiger partial charge on any atom is -0.344 e. The SMILES string of the molecule is CC.Cc1ccccc1CNC(=O)C(F)(F)F. The topological polar surface area (TPSA) is 29.1 Å². The first-order valence-corrected chi connectivity index (χ1v) is 5.31. The summed E-state index contributed by atoms with van der Waals surface area (Å²) in [7, 11) is 0. The van der Waals surface area contributed by atoms with E-state index >= 15 is 0 Å². The summed E-state index contributed by atoms with van der Waals surface area (Å²) in [6.07, 6.45) is -4.82. The van der Waals surface area contributed by atoms with Crippen LogP contribution in [0.25, 0.3) is 0 Å². The van der Waals surface area contributed by atoms with Crippen LogP contribution in [0.4, 0.5) is 13.2 Å². The lowest BCUT2D eigenvalue weighted by molar-refractivity contribution is -0.173. The number of amides is 1. The van der Waals surface area contributed by atoms with Crippen molar-refractivity contribution < 1.29 is 18.0 Å². The van der Waals surface area contributed by atoms with Crippen LogP contribution in [-0.2, 0) is 11.3 Å². The van der Waals surface area contributed by atoms with Crippen LogP contribution in [0, 0.1) is 6.92 Å². The molecule has 0 aliphatic heterocycles. The van der Waals surface area contributed by atoms with Gasteiger partial charge in [0, 0.05) is 6.54 Å². The van der Waals surface area contributed by atoms with Crippen LogP contribution in [0.3, 0.4) is 0 Å². The van der Waals surface area contributed by atoms with Crippen LogP contribution in [0.5, 0.6) is 0 Å². The lowest BCUT2D eigenvalue weighted by Crippen LogP contribution is -2.36. The number of hydrogen-bond acceptors (Lipinski definition) is 1. The number of aryl methyl sites for hydroxylation is 1. The molecule has 17 heavy (non-hydrogen) atoms. The van der Waals surface area contributed by atoms with Gasteiger partial charge in [0.15, 0.2) is 0 Å². The molecule has 2 nitrogen and oxygen atoms in total. The summed E-state index contributed by atoms with van der Waals surface area (Å²) in [6, 6.07) is 6.94. The Morgan fingerprint density at radius 2 is 1.76 bits per heavy atom. The fraction of sp³-hybridized carbons (Fsp3) is 0.417. The van der Waals surface area contributed by atoms with Crippen molar-refractivity contribution in [3.05, 3.63) is 35.4 Å².